The normalized spacial score (nSPS) is 45.7. The molecule has 0 aromatic rings. The van der Waals surface area contributed by atoms with Crippen LogP contribution < -0.4 is 0 Å². The molecule has 0 amide bonds. The third-order valence-electron chi connectivity index (χ3n) is 6.30. The Bertz CT molecular complexity index is 714. The molecule has 3 heterocycles. The van der Waals surface area contributed by atoms with E-state index in [1.54, 1.807) is 0 Å². The smallest absolute Gasteiger partial charge is 0.186 e. The first-order chi connectivity index (χ1) is 17.5. The topological polar surface area (TPSA) is 275 Å². The molecular weight excluding hydrogens is 512 g/mol. The largest absolute Gasteiger partial charge is 0.394 e. The SMILES string of the molecule is O=C[C@H](O)[C@@H](O)[C@@H](CO)OC1OC[C@@H](O[C@@H]2OC[C@@H](O[C@@H]3OC[C@@H](O)[C@H](O)[C@H]3O)[C@H](O)[C@H]2O)[C@H](O)[C@H]1O. The van der Waals surface area contributed by atoms with Crippen LogP contribution in [0, 0.1) is 0 Å². The Balaban J connectivity index is 1.52. The van der Waals surface area contributed by atoms with Gasteiger partial charge < -0.3 is 84.3 Å². The lowest BCUT2D eigenvalue weighted by Crippen LogP contribution is -2.62. The Labute approximate surface area is 209 Å². The second-order valence-electron chi connectivity index (χ2n) is 8.94. The monoisotopic (exact) mass is 546 g/mol. The molecule has 15 atom stereocenters. The van der Waals surface area contributed by atoms with Gasteiger partial charge in [-0.05, 0) is 0 Å². The summed E-state index contributed by atoms with van der Waals surface area (Å²) in [6, 6.07) is 0. The summed E-state index contributed by atoms with van der Waals surface area (Å²) in [5.74, 6) is 0. The lowest BCUT2D eigenvalue weighted by molar-refractivity contribution is -0.352. The molecule has 0 radical (unpaired) electrons. The molecule has 1 unspecified atom stereocenters. The van der Waals surface area contributed by atoms with Crippen molar-refractivity contribution in [3.05, 3.63) is 0 Å². The van der Waals surface area contributed by atoms with E-state index in [9.17, 15) is 55.9 Å². The third-order valence-corrected chi connectivity index (χ3v) is 6.30. The molecule has 3 rings (SSSR count). The summed E-state index contributed by atoms with van der Waals surface area (Å²) in [6.07, 6.45) is -23.8. The van der Waals surface area contributed by atoms with Gasteiger partial charge in [-0.25, -0.2) is 0 Å². The fourth-order valence-corrected chi connectivity index (χ4v) is 3.96. The van der Waals surface area contributed by atoms with Gasteiger partial charge in [0.15, 0.2) is 25.2 Å². The fourth-order valence-electron chi connectivity index (χ4n) is 3.96. The summed E-state index contributed by atoms with van der Waals surface area (Å²) in [6.45, 7) is -2.04. The molecule has 37 heavy (non-hydrogen) atoms. The van der Waals surface area contributed by atoms with E-state index in [4.69, 9.17) is 28.4 Å². The van der Waals surface area contributed by atoms with Crippen LogP contribution in [0.3, 0.4) is 0 Å². The highest BCUT2D eigenvalue weighted by Crippen LogP contribution is 2.27. The summed E-state index contributed by atoms with van der Waals surface area (Å²) in [5, 5.41) is 99.4. The summed E-state index contributed by atoms with van der Waals surface area (Å²) in [4.78, 5) is 10.6. The lowest BCUT2D eigenvalue weighted by Gasteiger charge is -2.44. The van der Waals surface area contributed by atoms with E-state index in [1.165, 1.54) is 0 Å². The quantitative estimate of drug-likeness (QED) is 0.114. The van der Waals surface area contributed by atoms with Crippen LogP contribution in [0.1, 0.15) is 0 Å². The van der Waals surface area contributed by atoms with Crippen molar-refractivity contribution in [1.82, 2.24) is 0 Å². The van der Waals surface area contributed by atoms with Crippen LogP contribution in [0.4, 0.5) is 0 Å². The van der Waals surface area contributed by atoms with Crippen LogP contribution in [0.25, 0.3) is 0 Å². The van der Waals surface area contributed by atoms with Gasteiger partial charge in [-0.15, -0.1) is 0 Å². The number of aldehydes is 1. The molecule has 0 spiro atoms. The van der Waals surface area contributed by atoms with Crippen LogP contribution in [0.15, 0.2) is 0 Å². The van der Waals surface area contributed by atoms with Gasteiger partial charge in [-0.3, -0.25) is 0 Å². The molecule has 17 nitrogen and oxygen atoms in total. The molecule has 0 bridgehead atoms. The van der Waals surface area contributed by atoms with E-state index < -0.39 is 105 Å². The average Bonchev–Trinajstić information content (AvgIpc) is 2.89. The Morgan fingerprint density at radius 1 is 0.703 bits per heavy atom. The summed E-state index contributed by atoms with van der Waals surface area (Å²) in [7, 11) is 0. The molecule has 0 aromatic carbocycles. The van der Waals surface area contributed by atoms with E-state index in [0.717, 1.165) is 0 Å². The van der Waals surface area contributed by atoms with Crippen molar-refractivity contribution in [2.45, 2.75) is 92.1 Å². The molecule has 17 heteroatoms. The predicted octanol–water partition coefficient (Wildman–Crippen LogP) is -7.35. The van der Waals surface area contributed by atoms with Crippen molar-refractivity contribution in [2.75, 3.05) is 26.4 Å². The van der Waals surface area contributed by atoms with Crippen molar-refractivity contribution >= 4 is 6.29 Å². The first kappa shape index (κ1) is 30.6. The fraction of sp³-hybridized carbons (Fsp3) is 0.950. The van der Waals surface area contributed by atoms with Crippen LogP contribution in [0.5, 0.6) is 0 Å². The Morgan fingerprint density at radius 2 is 1.16 bits per heavy atom. The zero-order valence-electron chi connectivity index (χ0n) is 19.4. The number of ether oxygens (including phenoxy) is 6. The maximum atomic E-state index is 10.6. The van der Waals surface area contributed by atoms with Gasteiger partial charge in [0.25, 0.3) is 0 Å². The number of rotatable bonds is 10. The number of carbonyl (C=O) groups is 1. The summed E-state index contributed by atoms with van der Waals surface area (Å²) < 4.78 is 31.7. The Hall–Kier alpha value is -0.970. The second-order valence-corrected chi connectivity index (χ2v) is 8.94. The van der Waals surface area contributed by atoms with E-state index in [1.807, 2.05) is 0 Å². The average molecular weight is 546 g/mol. The first-order valence-corrected chi connectivity index (χ1v) is 11.5. The van der Waals surface area contributed by atoms with Gasteiger partial charge in [0.1, 0.15) is 73.2 Å². The lowest BCUT2D eigenvalue weighted by atomic mass is 10.0. The minimum Gasteiger partial charge on any atom is -0.394 e. The number of hydrogen-bond acceptors (Lipinski definition) is 17. The summed E-state index contributed by atoms with van der Waals surface area (Å²) >= 11 is 0. The molecule has 3 saturated heterocycles. The number of aliphatic hydroxyl groups excluding tert-OH is 10. The van der Waals surface area contributed by atoms with Gasteiger partial charge in [0.2, 0.25) is 0 Å². The molecule has 216 valence electrons. The number of hydrogen-bond donors (Lipinski definition) is 10. The number of aliphatic hydroxyl groups is 10. The van der Waals surface area contributed by atoms with Crippen molar-refractivity contribution in [3.8, 4) is 0 Å². The number of carbonyl (C=O) groups excluding carboxylic acids is 1. The van der Waals surface area contributed by atoms with Crippen molar-refractivity contribution < 1.29 is 84.3 Å². The van der Waals surface area contributed by atoms with Gasteiger partial charge in [0.05, 0.1) is 26.4 Å². The molecule has 3 aliphatic rings. The predicted molar refractivity (Wildman–Crippen MR) is 111 cm³/mol. The second kappa shape index (κ2) is 13.4. The van der Waals surface area contributed by atoms with Crippen molar-refractivity contribution in [1.29, 1.82) is 0 Å². The van der Waals surface area contributed by atoms with E-state index in [0.29, 0.717) is 0 Å². The van der Waals surface area contributed by atoms with Crippen molar-refractivity contribution in [3.63, 3.8) is 0 Å². The van der Waals surface area contributed by atoms with Crippen molar-refractivity contribution in [2.24, 2.45) is 0 Å². The summed E-state index contributed by atoms with van der Waals surface area (Å²) in [5.41, 5.74) is 0. The highest BCUT2D eigenvalue weighted by atomic mass is 16.7. The molecule has 0 aliphatic carbocycles. The molecule has 0 saturated carbocycles. The van der Waals surface area contributed by atoms with E-state index in [2.05, 4.69) is 0 Å². The maximum absolute atomic E-state index is 10.6. The third kappa shape index (κ3) is 6.97. The van der Waals surface area contributed by atoms with E-state index in [-0.39, 0.29) is 19.5 Å². The highest BCUT2D eigenvalue weighted by Gasteiger charge is 2.48. The Morgan fingerprint density at radius 3 is 1.68 bits per heavy atom. The first-order valence-electron chi connectivity index (χ1n) is 11.5. The zero-order chi connectivity index (χ0) is 27.4. The van der Waals surface area contributed by atoms with Gasteiger partial charge in [-0.1, -0.05) is 0 Å². The minimum absolute atomic E-state index is 0.0190. The van der Waals surface area contributed by atoms with Gasteiger partial charge in [0, 0.05) is 0 Å². The van der Waals surface area contributed by atoms with Gasteiger partial charge in [-0.2, -0.15) is 0 Å². The van der Waals surface area contributed by atoms with Crippen LogP contribution in [-0.4, -0.2) is 176 Å². The maximum Gasteiger partial charge on any atom is 0.186 e. The molecular formula is C20H34O17. The minimum atomic E-state index is -1.88. The zero-order valence-corrected chi connectivity index (χ0v) is 19.4. The van der Waals surface area contributed by atoms with Crippen LogP contribution in [-0.2, 0) is 33.2 Å². The standard InChI is InChI=1S/C20H34O17/c21-1-6(23)11(25)8(2-22)35-19-16(30)13(27)10(4-33-19)37-20-17(31)14(28)9(5-34-20)36-18-15(29)12(26)7(24)3-32-18/h1,6-20,22-31H,2-5H2/t6-,7+,8+,9+,10+,11+,12-,13-,14-,15+,16+,17+,18-,19?,20-/m0/s1. The Kier molecular flexibility index (Phi) is 11.1. The van der Waals surface area contributed by atoms with E-state index >= 15 is 0 Å². The van der Waals surface area contributed by atoms with Crippen LogP contribution >= 0.6 is 0 Å². The molecule has 3 fully saturated rings. The molecule has 3 aliphatic heterocycles. The highest BCUT2D eigenvalue weighted by molar-refractivity contribution is 5.56. The van der Waals surface area contributed by atoms with Gasteiger partial charge >= 0.3 is 0 Å². The molecule has 10 N–H and O–H groups in total. The van der Waals surface area contributed by atoms with Crippen LogP contribution in [0.2, 0.25) is 0 Å². The molecule has 0 aromatic heterocycles.